The van der Waals surface area contributed by atoms with E-state index in [-0.39, 0.29) is 5.56 Å². The maximum Gasteiger partial charge on any atom is 0.265 e. The van der Waals surface area contributed by atoms with Crippen LogP contribution in [0.2, 0.25) is 5.02 Å². The number of aromatic amines is 1. The van der Waals surface area contributed by atoms with Crippen molar-refractivity contribution in [3.63, 3.8) is 0 Å². The van der Waals surface area contributed by atoms with Gasteiger partial charge in [-0.05, 0) is 62.4 Å². The summed E-state index contributed by atoms with van der Waals surface area (Å²) in [4.78, 5) is 19.3. The van der Waals surface area contributed by atoms with Gasteiger partial charge in [-0.2, -0.15) is 0 Å². The minimum Gasteiger partial charge on any atom is -0.306 e. The molecule has 0 bridgehead atoms. The molecular formula is C14H13Br2ClN2O. The van der Waals surface area contributed by atoms with E-state index in [1.54, 1.807) is 12.1 Å². The van der Waals surface area contributed by atoms with E-state index in [4.69, 9.17) is 11.6 Å². The second-order valence-electron chi connectivity index (χ2n) is 4.90. The van der Waals surface area contributed by atoms with Gasteiger partial charge in [0.05, 0.1) is 5.69 Å². The monoisotopic (exact) mass is 418 g/mol. The molecule has 0 fully saturated rings. The zero-order chi connectivity index (χ0) is 14.9. The molecule has 6 heteroatoms. The van der Waals surface area contributed by atoms with E-state index in [9.17, 15) is 4.79 Å². The van der Waals surface area contributed by atoms with Crippen LogP contribution in [0.1, 0.15) is 19.5 Å². The van der Waals surface area contributed by atoms with E-state index in [0.717, 1.165) is 22.2 Å². The van der Waals surface area contributed by atoms with E-state index in [1.807, 2.05) is 6.07 Å². The van der Waals surface area contributed by atoms with E-state index < -0.39 is 0 Å². The highest BCUT2D eigenvalue weighted by Crippen LogP contribution is 2.29. The number of rotatable bonds is 3. The number of halogens is 3. The van der Waals surface area contributed by atoms with Crippen LogP contribution in [0.25, 0.3) is 11.4 Å². The summed E-state index contributed by atoms with van der Waals surface area (Å²) in [5.74, 6) is 0.958. The first-order chi connectivity index (χ1) is 9.38. The van der Waals surface area contributed by atoms with Crippen LogP contribution in [0.15, 0.2) is 31.9 Å². The molecule has 0 atom stereocenters. The molecule has 0 aliphatic carbocycles. The lowest BCUT2D eigenvalue weighted by Crippen LogP contribution is -2.15. The van der Waals surface area contributed by atoms with E-state index in [1.165, 1.54) is 0 Å². The van der Waals surface area contributed by atoms with E-state index >= 15 is 0 Å². The largest absolute Gasteiger partial charge is 0.306 e. The number of nitrogens with one attached hydrogen (secondary N) is 1. The normalized spacial score (nSPS) is 11.1. The van der Waals surface area contributed by atoms with Crippen molar-refractivity contribution in [1.82, 2.24) is 9.97 Å². The summed E-state index contributed by atoms with van der Waals surface area (Å²) in [7, 11) is 0. The summed E-state index contributed by atoms with van der Waals surface area (Å²) in [5, 5.41) is 0.627. The highest BCUT2D eigenvalue weighted by atomic mass is 79.9. The summed E-state index contributed by atoms with van der Waals surface area (Å²) in [6.07, 6.45) is 0.739. The fraction of sp³-hybridized carbons (Fsp3) is 0.286. The lowest BCUT2D eigenvalue weighted by molar-refractivity contribution is 0.631. The molecule has 1 aromatic carbocycles. The Kier molecular flexibility index (Phi) is 5.04. The molecule has 1 aromatic heterocycles. The Morgan fingerprint density at radius 1 is 1.35 bits per heavy atom. The van der Waals surface area contributed by atoms with Crippen molar-refractivity contribution >= 4 is 43.5 Å². The van der Waals surface area contributed by atoms with Crippen molar-refractivity contribution in [2.45, 2.75) is 20.3 Å². The molecule has 20 heavy (non-hydrogen) atoms. The minimum atomic E-state index is -0.174. The lowest BCUT2D eigenvalue weighted by atomic mass is 10.1. The maximum absolute atomic E-state index is 12.0. The summed E-state index contributed by atoms with van der Waals surface area (Å²) in [5.41, 5.74) is 1.40. The van der Waals surface area contributed by atoms with Gasteiger partial charge < -0.3 is 4.98 Å². The highest BCUT2D eigenvalue weighted by molar-refractivity contribution is 9.10. The van der Waals surface area contributed by atoms with Crippen LogP contribution in [0.5, 0.6) is 0 Å². The van der Waals surface area contributed by atoms with Gasteiger partial charge in [-0.25, -0.2) is 4.98 Å². The van der Waals surface area contributed by atoms with Gasteiger partial charge in [-0.15, -0.1) is 0 Å². The Bertz CT molecular complexity index is 698. The predicted octanol–water partition coefficient (Wildman–Crippen LogP) is 4.81. The molecular weight excluding hydrogens is 407 g/mol. The second kappa shape index (κ2) is 6.41. The number of benzene rings is 1. The fourth-order valence-electron chi connectivity index (χ4n) is 1.84. The van der Waals surface area contributed by atoms with Gasteiger partial charge >= 0.3 is 0 Å². The number of hydrogen-bond donors (Lipinski definition) is 1. The number of hydrogen-bond acceptors (Lipinski definition) is 2. The third kappa shape index (κ3) is 3.51. The van der Waals surface area contributed by atoms with Crippen molar-refractivity contribution < 1.29 is 0 Å². The molecule has 2 aromatic rings. The average Bonchev–Trinajstić information content (AvgIpc) is 2.34. The maximum atomic E-state index is 12.0. The summed E-state index contributed by atoms with van der Waals surface area (Å²) < 4.78 is 1.30. The van der Waals surface area contributed by atoms with Gasteiger partial charge in [0.1, 0.15) is 10.3 Å². The molecule has 2 rings (SSSR count). The Balaban J connectivity index is 2.57. The van der Waals surface area contributed by atoms with Crippen molar-refractivity contribution in [3.05, 3.63) is 48.2 Å². The quantitative estimate of drug-likeness (QED) is 0.774. The van der Waals surface area contributed by atoms with Gasteiger partial charge in [-0.1, -0.05) is 25.4 Å². The predicted molar refractivity (Wildman–Crippen MR) is 89.2 cm³/mol. The number of nitrogens with zero attached hydrogens (tertiary/aromatic N) is 1. The van der Waals surface area contributed by atoms with E-state index in [0.29, 0.717) is 21.2 Å². The van der Waals surface area contributed by atoms with Gasteiger partial charge in [0, 0.05) is 15.1 Å². The molecule has 0 spiro atoms. The van der Waals surface area contributed by atoms with E-state index in [2.05, 4.69) is 55.7 Å². The highest BCUT2D eigenvalue weighted by Gasteiger charge is 2.13. The number of H-pyrrole nitrogens is 1. The van der Waals surface area contributed by atoms with Crippen molar-refractivity contribution in [2.75, 3.05) is 0 Å². The molecule has 106 valence electrons. The summed E-state index contributed by atoms with van der Waals surface area (Å²) >= 11 is 12.7. The van der Waals surface area contributed by atoms with Crippen molar-refractivity contribution in [1.29, 1.82) is 0 Å². The van der Waals surface area contributed by atoms with Crippen molar-refractivity contribution in [2.24, 2.45) is 5.92 Å². The first-order valence-corrected chi connectivity index (χ1v) is 8.09. The molecule has 0 unspecified atom stereocenters. The van der Waals surface area contributed by atoms with Crippen LogP contribution >= 0.6 is 43.5 Å². The molecule has 1 N–H and O–H groups in total. The van der Waals surface area contributed by atoms with Crippen LogP contribution in [-0.4, -0.2) is 9.97 Å². The molecule has 0 saturated carbocycles. The van der Waals surface area contributed by atoms with Crippen LogP contribution in [-0.2, 0) is 6.42 Å². The SMILES string of the molecule is CC(C)Cc1nc(-c2ccc(Cl)cc2Br)[nH]c(=O)c1Br. The van der Waals surface area contributed by atoms with Crippen LogP contribution in [0.4, 0.5) is 0 Å². The minimum absolute atomic E-state index is 0.174. The zero-order valence-corrected chi connectivity index (χ0v) is 14.9. The smallest absolute Gasteiger partial charge is 0.265 e. The third-order valence-corrected chi connectivity index (χ3v) is 4.43. The van der Waals surface area contributed by atoms with Gasteiger partial charge in [0.25, 0.3) is 5.56 Å². The summed E-state index contributed by atoms with van der Waals surface area (Å²) in [6.45, 7) is 4.18. The van der Waals surface area contributed by atoms with Crippen molar-refractivity contribution in [3.8, 4) is 11.4 Å². The average molecular weight is 421 g/mol. The molecule has 0 saturated heterocycles. The molecule has 1 heterocycles. The molecule has 3 nitrogen and oxygen atoms in total. The number of aromatic nitrogens is 2. The fourth-order valence-corrected chi connectivity index (χ4v) is 3.06. The topological polar surface area (TPSA) is 45.8 Å². The van der Waals surface area contributed by atoms with Crippen LogP contribution in [0.3, 0.4) is 0 Å². The Labute approximate surface area is 139 Å². The Morgan fingerprint density at radius 2 is 2.05 bits per heavy atom. The zero-order valence-electron chi connectivity index (χ0n) is 11.0. The Morgan fingerprint density at radius 3 is 2.65 bits per heavy atom. The van der Waals surface area contributed by atoms with Crippen LogP contribution in [0, 0.1) is 5.92 Å². The van der Waals surface area contributed by atoms with Crippen LogP contribution < -0.4 is 5.56 Å². The first-order valence-electron chi connectivity index (χ1n) is 6.12. The molecule has 0 amide bonds. The standard InChI is InChI=1S/C14H13Br2ClN2O/c1-7(2)5-11-12(16)14(20)19-13(18-11)9-4-3-8(17)6-10(9)15/h3-4,6-7H,5H2,1-2H3,(H,18,19,20). The van der Waals surface area contributed by atoms with Gasteiger partial charge in [0.2, 0.25) is 0 Å². The molecule has 0 aliphatic rings. The molecule has 0 aliphatic heterocycles. The third-order valence-electron chi connectivity index (χ3n) is 2.72. The van der Waals surface area contributed by atoms with Gasteiger partial charge in [0.15, 0.2) is 0 Å². The molecule has 0 radical (unpaired) electrons. The summed E-state index contributed by atoms with van der Waals surface area (Å²) in [6, 6.07) is 5.38. The lowest BCUT2D eigenvalue weighted by Gasteiger charge is -2.10. The first kappa shape index (κ1) is 15.7. The van der Waals surface area contributed by atoms with Gasteiger partial charge in [-0.3, -0.25) is 4.79 Å². The Hall–Kier alpha value is -0.650. The second-order valence-corrected chi connectivity index (χ2v) is 6.98.